The Balaban J connectivity index is 1.87. The van der Waals surface area contributed by atoms with Crippen molar-refractivity contribution in [1.82, 2.24) is 0 Å². The molecule has 8 heteroatoms. The summed E-state index contributed by atoms with van der Waals surface area (Å²) in [5.41, 5.74) is 0.883. The zero-order valence-electron chi connectivity index (χ0n) is 13.4. The second-order valence-corrected chi connectivity index (χ2v) is 5.02. The number of carbonyl (C=O) groups excluding carboxylic acids is 1. The first-order valence-electron chi connectivity index (χ1n) is 7.52. The van der Waals surface area contributed by atoms with Gasteiger partial charge in [-0.15, -0.1) is 13.2 Å². The Morgan fingerprint density at radius 2 is 1.40 bits per heavy atom. The summed E-state index contributed by atoms with van der Waals surface area (Å²) in [5, 5.41) is 5.12. The highest BCUT2D eigenvalue weighted by atomic mass is 19.4. The molecule has 0 saturated carbocycles. The lowest BCUT2D eigenvalue weighted by molar-refractivity contribution is -0.274. The van der Waals surface area contributed by atoms with Crippen LogP contribution in [0.1, 0.15) is 13.3 Å². The van der Waals surface area contributed by atoms with Crippen LogP contribution < -0.4 is 20.1 Å². The van der Waals surface area contributed by atoms with Crippen LogP contribution in [0.5, 0.6) is 11.5 Å². The van der Waals surface area contributed by atoms with E-state index >= 15 is 0 Å². The van der Waals surface area contributed by atoms with Gasteiger partial charge in [-0.3, -0.25) is 0 Å². The third-order valence-corrected chi connectivity index (χ3v) is 2.93. The van der Waals surface area contributed by atoms with Crippen molar-refractivity contribution in [1.29, 1.82) is 0 Å². The van der Waals surface area contributed by atoms with Gasteiger partial charge in [-0.2, -0.15) is 0 Å². The van der Waals surface area contributed by atoms with Crippen molar-refractivity contribution in [3.63, 3.8) is 0 Å². The molecule has 0 aromatic heterocycles. The minimum Gasteiger partial charge on any atom is -0.494 e. The summed E-state index contributed by atoms with van der Waals surface area (Å²) in [6.07, 6.45) is -3.85. The quantitative estimate of drug-likeness (QED) is 0.766. The standard InChI is InChI=1S/C17H17F3N2O3/c1-2-11-24-14-7-3-12(4-8-14)21-16(23)22-13-5-9-15(10-6-13)25-17(18,19)20/h3-10H,2,11H2,1H3,(H2,21,22,23). The molecule has 25 heavy (non-hydrogen) atoms. The molecule has 0 spiro atoms. The average Bonchev–Trinajstić information content (AvgIpc) is 2.55. The Morgan fingerprint density at radius 3 is 1.84 bits per heavy atom. The molecule has 2 N–H and O–H groups in total. The summed E-state index contributed by atoms with van der Waals surface area (Å²) < 4.78 is 45.4. The third-order valence-electron chi connectivity index (χ3n) is 2.93. The number of rotatable bonds is 6. The number of halogens is 3. The van der Waals surface area contributed by atoms with E-state index < -0.39 is 12.4 Å². The number of hydrogen-bond acceptors (Lipinski definition) is 3. The normalized spacial score (nSPS) is 10.9. The molecule has 134 valence electrons. The third kappa shape index (κ3) is 6.62. The van der Waals surface area contributed by atoms with Crippen LogP contribution in [0.15, 0.2) is 48.5 Å². The Kier molecular flexibility index (Phi) is 6.10. The highest BCUT2D eigenvalue weighted by Gasteiger charge is 2.30. The average molecular weight is 354 g/mol. The van der Waals surface area contributed by atoms with Crippen molar-refractivity contribution in [2.24, 2.45) is 0 Å². The molecule has 2 amide bonds. The molecule has 0 heterocycles. The summed E-state index contributed by atoms with van der Waals surface area (Å²) in [6.45, 7) is 2.61. The molecule has 0 atom stereocenters. The number of alkyl halides is 3. The summed E-state index contributed by atoms with van der Waals surface area (Å²) in [5.74, 6) is 0.342. The Labute approximate surface area is 142 Å². The van der Waals surface area contributed by atoms with Crippen molar-refractivity contribution in [3.05, 3.63) is 48.5 Å². The number of carbonyl (C=O) groups is 1. The predicted molar refractivity (Wildman–Crippen MR) is 88.0 cm³/mol. The Morgan fingerprint density at radius 1 is 0.920 bits per heavy atom. The summed E-state index contributed by atoms with van der Waals surface area (Å²) >= 11 is 0. The van der Waals surface area contributed by atoms with Crippen molar-refractivity contribution in [2.75, 3.05) is 17.2 Å². The largest absolute Gasteiger partial charge is 0.573 e. The highest BCUT2D eigenvalue weighted by molar-refractivity contribution is 5.99. The van der Waals surface area contributed by atoms with E-state index in [0.717, 1.165) is 18.6 Å². The fourth-order valence-electron chi connectivity index (χ4n) is 1.89. The number of benzene rings is 2. The molecule has 0 aliphatic rings. The number of hydrogen-bond donors (Lipinski definition) is 2. The smallest absolute Gasteiger partial charge is 0.494 e. The molecule has 2 aromatic carbocycles. The van der Waals surface area contributed by atoms with E-state index in [4.69, 9.17) is 4.74 Å². The maximum absolute atomic E-state index is 12.1. The van der Waals surface area contributed by atoms with Gasteiger partial charge in [0.05, 0.1) is 6.61 Å². The number of ether oxygens (including phenoxy) is 2. The van der Waals surface area contributed by atoms with Crippen molar-refractivity contribution >= 4 is 17.4 Å². The summed E-state index contributed by atoms with van der Waals surface area (Å²) in [4.78, 5) is 11.9. The van der Waals surface area contributed by atoms with Crippen molar-refractivity contribution in [3.8, 4) is 11.5 Å². The minimum atomic E-state index is -4.75. The van der Waals surface area contributed by atoms with Gasteiger partial charge in [-0.1, -0.05) is 6.92 Å². The van der Waals surface area contributed by atoms with E-state index in [0.29, 0.717) is 23.7 Å². The fourth-order valence-corrected chi connectivity index (χ4v) is 1.89. The fraction of sp³-hybridized carbons (Fsp3) is 0.235. The van der Waals surface area contributed by atoms with Gasteiger partial charge < -0.3 is 20.1 Å². The van der Waals surface area contributed by atoms with Crippen LogP contribution >= 0.6 is 0 Å². The van der Waals surface area contributed by atoms with Crippen LogP contribution in [-0.4, -0.2) is 19.0 Å². The molecule has 2 aromatic rings. The first-order chi connectivity index (χ1) is 11.9. The zero-order valence-corrected chi connectivity index (χ0v) is 13.4. The lowest BCUT2D eigenvalue weighted by Gasteiger charge is -2.11. The van der Waals surface area contributed by atoms with Gasteiger partial charge >= 0.3 is 12.4 Å². The van der Waals surface area contributed by atoms with Gasteiger partial charge in [0, 0.05) is 11.4 Å². The van der Waals surface area contributed by atoms with E-state index in [1.807, 2.05) is 6.92 Å². The van der Waals surface area contributed by atoms with Gasteiger partial charge in [0.2, 0.25) is 0 Å². The number of amides is 2. The van der Waals surface area contributed by atoms with Crippen LogP contribution in [0.25, 0.3) is 0 Å². The van der Waals surface area contributed by atoms with Gasteiger partial charge in [-0.05, 0) is 55.0 Å². The van der Waals surface area contributed by atoms with Crippen molar-refractivity contribution in [2.45, 2.75) is 19.7 Å². The topological polar surface area (TPSA) is 59.6 Å². The SMILES string of the molecule is CCCOc1ccc(NC(=O)Nc2ccc(OC(F)(F)F)cc2)cc1. The molecule has 0 fully saturated rings. The predicted octanol–water partition coefficient (Wildman–Crippen LogP) is 5.02. The molecule has 0 radical (unpaired) electrons. The Bertz CT molecular complexity index is 686. The lowest BCUT2D eigenvalue weighted by Crippen LogP contribution is -2.19. The van der Waals surface area contributed by atoms with Gasteiger partial charge in [0.1, 0.15) is 11.5 Å². The number of nitrogens with one attached hydrogen (secondary N) is 2. The Hall–Kier alpha value is -2.90. The van der Waals surface area contributed by atoms with E-state index in [1.54, 1.807) is 24.3 Å². The zero-order chi connectivity index (χ0) is 18.3. The minimum absolute atomic E-state index is 0.329. The molecule has 0 bridgehead atoms. The van der Waals surface area contributed by atoms with Gasteiger partial charge in [0.15, 0.2) is 0 Å². The molecule has 0 aliphatic carbocycles. The molecule has 2 rings (SSSR count). The van der Waals surface area contributed by atoms with Crippen LogP contribution in [0.2, 0.25) is 0 Å². The van der Waals surface area contributed by atoms with Gasteiger partial charge in [0.25, 0.3) is 0 Å². The van der Waals surface area contributed by atoms with Gasteiger partial charge in [-0.25, -0.2) is 4.79 Å². The first-order valence-corrected chi connectivity index (χ1v) is 7.52. The van der Waals surface area contributed by atoms with Crippen LogP contribution in [-0.2, 0) is 0 Å². The number of urea groups is 1. The summed E-state index contributed by atoms with van der Waals surface area (Å²) in [6, 6.07) is 11.2. The van der Waals surface area contributed by atoms with E-state index in [1.165, 1.54) is 12.1 Å². The van der Waals surface area contributed by atoms with Crippen LogP contribution in [0.4, 0.5) is 29.3 Å². The molecular weight excluding hydrogens is 337 g/mol. The number of anilines is 2. The molecular formula is C17H17F3N2O3. The maximum Gasteiger partial charge on any atom is 0.573 e. The van der Waals surface area contributed by atoms with E-state index in [9.17, 15) is 18.0 Å². The van der Waals surface area contributed by atoms with E-state index in [2.05, 4.69) is 15.4 Å². The second-order valence-electron chi connectivity index (χ2n) is 5.02. The lowest BCUT2D eigenvalue weighted by atomic mass is 10.3. The highest BCUT2D eigenvalue weighted by Crippen LogP contribution is 2.24. The molecule has 0 unspecified atom stereocenters. The molecule has 0 saturated heterocycles. The van der Waals surface area contributed by atoms with Crippen LogP contribution in [0, 0.1) is 0 Å². The van der Waals surface area contributed by atoms with Crippen molar-refractivity contribution < 1.29 is 27.4 Å². The first kappa shape index (κ1) is 18.4. The second kappa shape index (κ2) is 8.27. The summed E-state index contributed by atoms with van der Waals surface area (Å²) in [7, 11) is 0. The van der Waals surface area contributed by atoms with E-state index in [-0.39, 0.29) is 5.75 Å². The van der Waals surface area contributed by atoms with Crippen LogP contribution in [0.3, 0.4) is 0 Å². The molecule has 5 nitrogen and oxygen atoms in total. The maximum atomic E-state index is 12.1. The molecule has 0 aliphatic heterocycles. The monoisotopic (exact) mass is 354 g/mol.